The lowest BCUT2D eigenvalue weighted by Crippen LogP contribution is -1.69. The van der Waals surface area contributed by atoms with Gasteiger partial charge in [-0.2, -0.15) is 0 Å². The van der Waals surface area contributed by atoms with Gasteiger partial charge in [0.2, 0.25) is 0 Å². The van der Waals surface area contributed by atoms with Crippen molar-refractivity contribution >= 4 is 23.2 Å². The Hall–Kier alpha value is -1.15. The van der Waals surface area contributed by atoms with E-state index in [1.54, 1.807) is 6.07 Å². The molecule has 2 aromatic rings. The van der Waals surface area contributed by atoms with E-state index in [-0.39, 0.29) is 0 Å². The highest BCUT2D eigenvalue weighted by atomic mass is 32.1. The first-order chi connectivity index (χ1) is 8.36. The second kappa shape index (κ2) is 12.9. The molecule has 0 saturated carbocycles. The highest BCUT2D eigenvalue weighted by Crippen LogP contribution is 2.12. The largest absolute Gasteiger partial charge is 0.445 e. The number of para-hydroxylation sites is 1. The van der Waals surface area contributed by atoms with Crippen molar-refractivity contribution in [1.29, 1.82) is 0 Å². The van der Waals surface area contributed by atoms with Crippen molar-refractivity contribution in [2.24, 2.45) is 0 Å². The molecule has 96 valence electrons. The first kappa shape index (κ1) is 18.2. The number of benzene rings is 1. The van der Waals surface area contributed by atoms with Gasteiger partial charge in [0.25, 0.3) is 0 Å². The van der Waals surface area contributed by atoms with E-state index in [0.29, 0.717) is 4.71 Å². The van der Waals surface area contributed by atoms with Gasteiger partial charge in [-0.3, -0.25) is 0 Å². The van der Waals surface area contributed by atoms with Crippen LogP contribution in [0.25, 0.3) is 11.0 Å². The molecule has 0 N–H and O–H groups in total. The average molecular weight is 252 g/mol. The van der Waals surface area contributed by atoms with Crippen LogP contribution < -0.4 is 0 Å². The molecule has 1 heterocycles. The molecule has 0 radical (unpaired) electrons. The fraction of sp³-hybridized carbons (Fsp3) is 0.400. The number of fused-ring (bicyclic) bond motifs is 1. The molecule has 0 aliphatic rings. The van der Waals surface area contributed by atoms with Crippen LogP contribution in [0.4, 0.5) is 0 Å². The highest BCUT2D eigenvalue weighted by molar-refractivity contribution is 7.71. The summed E-state index contributed by atoms with van der Waals surface area (Å²) in [5.41, 5.74) is 0.847. The fourth-order valence-corrected chi connectivity index (χ4v) is 1.17. The lowest BCUT2D eigenvalue weighted by Gasteiger charge is -1.92. The number of rotatable bonds is 0. The Kier molecular flexibility index (Phi) is 13.8. The van der Waals surface area contributed by atoms with Crippen LogP contribution in [0.1, 0.15) is 41.5 Å². The molecule has 0 bridgehead atoms. The molecule has 0 aliphatic heterocycles. The number of hydrogen-bond donors (Lipinski definition) is 0. The summed E-state index contributed by atoms with van der Waals surface area (Å²) < 4.78 is 5.81. The van der Waals surface area contributed by atoms with E-state index in [0.717, 1.165) is 11.0 Å². The van der Waals surface area contributed by atoms with Gasteiger partial charge in [0.05, 0.1) is 0 Å². The monoisotopic (exact) mass is 252 g/mol. The fourth-order valence-electron chi connectivity index (χ4n) is 1.01. The summed E-state index contributed by atoms with van der Waals surface area (Å²) in [5.74, 6) is 0. The Morgan fingerprint density at radius 2 is 1.29 bits per heavy atom. The zero-order valence-corrected chi connectivity index (χ0v) is 12.6. The van der Waals surface area contributed by atoms with Gasteiger partial charge in [-0.05, 0) is 30.4 Å². The standard InChI is InChI=1S/C9H6OS.3C2H6/c11-9-6-5-7-3-1-2-4-8(7)10-9;3*1-2/h1-6H;3*1-2H3. The van der Waals surface area contributed by atoms with Crippen LogP contribution in [0, 0.1) is 4.71 Å². The minimum absolute atomic E-state index is 0.531. The van der Waals surface area contributed by atoms with Crippen LogP contribution in [-0.2, 0) is 0 Å². The summed E-state index contributed by atoms with van der Waals surface area (Å²) >= 11 is 4.87. The zero-order chi connectivity index (χ0) is 13.7. The van der Waals surface area contributed by atoms with Crippen molar-refractivity contribution in [2.45, 2.75) is 41.5 Å². The maximum Gasteiger partial charge on any atom is 0.190 e. The normalized spacial score (nSPS) is 7.65. The Morgan fingerprint density at radius 1 is 0.765 bits per heavy atom. The molecule has 0 aliphatic carbocycles. The summed E-state index contributed by atoms with van der Waals surface area (Å²) in [4.78, 5) is 0. The van der Waals surface area contributed by atoms with E-state index in [1.165, 1.54) is 0 Å². The molecule has 0 spiro atoms. The first-order valence-corrected chi connectivity index (χ1v) is 6.76. The van der Waals surface area contributed by atoms with Gasteiger partial charge >= 0.3 is 0 Å². The van der Waals surface area contributed by atoms with Crippen molar-refractivity contribution in [3.05, 3.63) is 41.1 Å². The van der Waals surface area contributed by atoms with Crippen molar-refractivity contribution in [1.82, 2.24) is 0 Å². The van der Waals surface area contributed by atoms with Gasteiger partial charge in [0.1, 0.15) is 5.58 Å². The van der Waals surface area contributed by atoms with E-state index in [4.69, 9.17) is 16.6 Å². The van der Waals surface area contributed by atoms with Crippen molar-refractivity contribution in [3.63, 3.8) is 0 Å². The summed E-state index contributed by atoms with van der Waals surface area (Å²) in [6.45, 7) is 12.0. The summed E-state index contributed by atoms with van der Waals surface area (Å²) in [6.07, 6.45) is 0. The molecule has 0 saturated heterocycles. The van der Waals surface area contributed by atoms with E-state index in [9.17, 15) is 0 Å². The van der Waals surface area contributed by atoms with Gasteiger partial charge in [-0.15, -0.1) is 0 Å². The van der Waals surface area contributed by atoms with Crippen molar-refractivity contribution in [2.75, 3.05) is 0 Å². The second-order valence-electron chi connectivity index (χ2n) is 2.29. The predicted octanol–water partition coefficient (Wildman–Crippen LogP) is 6.24. The van der Waals surface area contributed by atoms with Crippen LogP contribution in [0.2, 0.25) is 0 Å². The maximum absolute atomic E-state index is 5.28. The predicted molar refractivity (Wildman–Crippen MR) is 81.1 cm³/mol. The lowest BCUT2D eigenvalue weighted by molar-refractivity contribution is 0.586. The summed E-state index contributed by atoms with van der Waals surface area (Å²) in [5, 5.41) is 1.08. The Labute approximate surface area is 110 Å². The van der Waals surface area contributed by atoms with Crippen molar-refractivity contribution < 1.29 is 4.42 Å². The van der Waals surface area contributed by atoms with E-state index >= 15 is 0 Å². The Morgan fingerprint density at radius 3 is 1.88 bits per heavy atom. The summed E-state index contributed by atoms with van der Waals surface area (Å²) in [7, 11) is 0. The van der Waals surface area contributed by atoms with Gasteiger partial charge in [0.15, 0.2) is 4.71 Å². The van der Waals surface area contributed by atoms with Gasteiger partial charge < -0.3 is 4.42 Å². The van der Waals surface area contributed by atoms with Crippen molar-refractivity contribution in [3.8, 4) is 0 Å². The van der Waals surface area contributed by atoms with Gasteiger partial charge in [-0.1, -0.05) is 59.7 Å². The molecule has 0 unspecified atom stereocenters. The molecule has 0 atom stereocenters. The molecule has 0 amide bonds. The summed E-state index contributed by atoms with van der Waals surface area (Å²) in [6, 6.07) is 11.6. The van der Waals surface area contributed by atoms with Crippen LogP contribution in [0.3, 0.4) is 0 Å². The third kappa shape index (κ3) is 6.90. The average Bonchev–Trinajstić information content (AvgIpc) is 2.45. The Bertz CT molecular complexity index is 432. The van der Waals surface area contributed by atoms with Crippen LogP contribution in [0.15, 0.2) is 40.8 Å². The van der Waals surface area contributed by atoms with E-state index < -0.39 is 0 Å². The SMILES string of the molecule is CC.CC.CC.S=c1ccc2ccccc2o1. The molecular weight excluding hydrogens is 228 g/mol. The lowest BCUT2D eigenvalue weighted by atomic mass is 10.2. The van der Waals surface area contributed by atoms with Crippen LogP contribution >= 0.6 is 12.2 Å². The molecular formula is C15H24OS. The minimum Gasteiger partial charge on any atom is -0.445 e. The van der Waals surface area contributed by atoms with E-state index in [2.05, 4.69) is 0 Å². The molecule has 17 heavy (non-hydrogen) atoms. The van der Waals surface area contributed by atoms with E-state index in [1.807, 2.05) is 71.9 Å². The second-order valence-corrected chi connectivity index (χ2v) is 2.69. The van der Waals surface area contributed by atoms with Crippen LogP contribution in [0.5, 0.6) is 0 Å². The zero-order valence-electron chi connectivity index (χ0n) is 11.8. The van der Waals surface area contributed by atoms with Gasteiger partial charge in [-0.25, -0.2) is 0 Å². The molecule has 1 aromatic heterocycles. The number of hydrogen-bond acceptors (Lipinski definition) is 2. The molecule has 2 heteroatoms. The first-order valence-electron chi connectivity index (χ1n) is 6.35. The molecule has 2 rings (SSSR count). The molecule has 1 aromatic carbocycles. The molecule has 1 nitrogen and oxygen atoms in total. The smallest absolute Gasteiger partial charge is 0.190 e. The third-order valence-corrected chi connectivity index (χ3v) is 1.75. The minimum atomic E-state index is 0.531. The Balaban J connectivity index is 0. The maximum atomic E-state index is 5.28. The van der Waals surface area contributed by atoms with Gasteiger partial charge in [0, 0.05) is 5.39 Å². The quantitative estimate of drug-likeness (QED) is 0.515. The third-order valence-electron chi connectivity index (χ3n) is 1.53. The highest BCUT2D eigenvalue weighted by Gasteiger charge is 1.90. The molecule has 0 fully saturated rings. The topological polar surface area (TPSA) is 13.1 Å². The van der Waals surface area contributed by atoms with Crippen LogP contribution in [-0.4, -0.2) is 0 Å².